The Hall–Kier alpha value is -2.23. The smallest absolute Gasteiger partial charge is 0.241 e. The Morgan fingerprint density at radius 1 is 1.03 bits per heavy atom. The first-order chi connectivity index (χ1) is 14.2. The molecule has 2 N–H and O–H groups in total. The number of carbonyl (C=O) groups excluding carboxylic acids is 1. The summed E-state index contributed by atoms with van der Waals surface area (Å²) in [7, 11) is -3.82. The predicted octanol–water partition coefficient (Wildman–Crippen LogP) is 3.81. The highest BCUT2D eigenvalue weighted by Crippen LogP contribution is 2.33. The predicted molar refractivity (Wildman–Crippen MR) is 118 cm³/mol. The van der Waals surface area contributed by atoms with Crippen LogP contribution in [-0.2, 0) is 14.8 Å². The minimum atomic E-state index is -3.82. The maximum Gasteiger partial charge on any atom is 0.241 e. The number of ether oxygens (including phenoxy) is 2. The number of rotatable bonds is 7. The Morgan fingerprint density at radius 3 is 2.40 bits per heavy atom. The molecule has 0 radical (unpaired) electrons. The molecule has 1 amide bonds. The van der Waals surface area contributed by atoms with Gasteiger partial charge in [-0.2, -0.15) is 0 Å². The summed E-state index contributed by atoms with van der Waals surface area (Å²) in [5.41, 5.74) is 1.24. The summed E-state index contributed by atoms with van der Waals surface area (Å²) in [6, 6.07) is 9.62. The van der Waals surface area contributed by atoms with Crippen LogP contribution in [0.25, 0.3) is 0 Å². The number of nitrogens with one attached hydrogen (secondary N) is 2. The summed E-state index contributed by atoms with van der Waals surface area (Å²) in [4.78, 5) is 13.0. The van der Waals surface area contributed by atoms with Gasteiger partial charge in [0.05, 0.1) is 10.6 Å². The van der Waals surface area contributed by atoms with Crippen molar-refractivity contribution in [3.63, 3.8) is 0 Å². The van der Waals surface area contributed by atoms with E-state index in [0.29, 0.717) is 30.4 Å². The zero-order chi connectivity index (χ0) is 21.9. The zero-order valence-corrected chi connectivity index (χ0v) is 19.0. The van der Waals surface area contributed by atoms with E-state index < -0.39 is 16.1 Å². The minimum absolute atomic E-state index is 0.0868. The van der Waals surface area contributed by atoms with Crippen LogP contribution in [-0.4, -0.2) is 33.8 Å². The summed E-state index contributed by atoms with van der Waals surface area (Å²) in [6.07, 6.45) is 1.87. The number of amides is 1. The second-order valence-electron chi connectivity index (χ2n) is 7.25. The average Bonchev–Trinajstić information content (AvgIpc) is 2.72. The first kappa shape index (κ1) is 22.5. The first-order valence-electron chi connectivity index (χ1n) is 9.62. The molecule has 0 unspecified atom stereocenters. The molecule has 1 atom stereocenters. The summed E-state index contributed by atoms with van der Waals surface area (Å²) in [5.74, 6) is 0.872. The normalized spacial score (nSPS) is 14.4. The lowest BCUT2D eigenvalue weighted by Crippen LogP contribution is -2.27. The van der Waals surface area contributed by atoms with Gasteiger partial charge in [-0.05, 0) is 49.1 Å². The van der Waals surface area contributed by atoms with E-state index >= 15 is 0 Å². The number of hydrogen-bond acceptors (Lipinski definition) is 6. The molecule has 0 aromatic heterocycles. The molecule has 1 heterocycles. The van der Waals surface area contributed by atoms with Gasteiger partial charge in [0.25, 0.3) is 0 Å². The number of fused-ring (bicyclic) bond motifs is 1. The van der Waals surface area contributed by atoms with Crippen LogP contribution in [0, 0.1) is 5.92 Å². The summed E-state index contributed by atoms with van der Waals surface area (Å²) in [6.45, 7) is 6.29. The molecule has 162 valence electrons. The highest BCUT2D eigenvalue weighted by atomic mass is 32.2. The average molecular weight is 451 g/mol. The van der Waals surface area contributed by atoms with Crippen LogP contribution in [0.15, 0.2) is 46.2 Å². The van der Waals surface area contributed by atoms with Crippen LogP contribution in [0.3, 0.4) is 0 Å². The zero-order valence-electron chi connectivity index (χ0n) is 17.4. The quantitative estimate of drug-likeness (QED) is 0.623. The van der Waals surface area contributed by atoms with Gasteiger partial charge in [-0.25, -0.2) is 13.1 Å². The van der Waals surface area contributed by atoms with Crippen molar-refractivity contribution >= 4 is 33.4 Å². The Morgan fingerprint density at radius 2 is 1.73 bits per heavy atom. The van der Waals surface area contributed by atoms with E-state index in [2.05, 4.69) is 10.0 Å². The number of thioether (sulfide) groups is 1. The number of sulfonamides is 1. The van der Waals surface area contributed by atoms with Crippen molar-refractivity contribution in [3.8, 4) is 11.5 Å². The third-order valence-electron chi connectivity index (χ3n) is 4.66. The molecular weight excluding hydrogens is 424 g/mol. The van der Waals surface area contributed by atoms with Gasteiger partial charge in [0.15, 0.2) is 11.5 Å². The van der Waals surface area contributed by atoms with Gasteiger partial charge in [0.2, 0.25) is 15.9 Å². The molecular formula is C21H26N2O5S2. The monoisotopic (exact) mass is 450 g/mol. The molecule has 0 saturated carbocycles. The fourth-order valence-electron chi connectivity index (χ4n) is 2.93. The van der Waals surface area contributed by atoms with Crippen molar-refractivity contribution in [3.05, 3.63) is 42.0 Å². The van der Waals surface area contributed by atoms with Crippen molar-refractivity contribution in [2.24, 2.45) is 5.92 Å². The van der Waals surface area contributed by atoms with Gasteiger partial charge in [-0.1, -0.05) is 19.9 Å². The minimum Gasteiger partial charge on any atom is -0.486 e. The number of benzene rings is 2. The maximum absolute atomic E-state index is 13.0. The molecule has 30 heavy (non-hydrogen) atoms. The van der Waals surface area contributed by atoms with Gasteiger partial charge < -0.3 is 14.8 Å². The molecule has 0 bridgehead atoms. The van der Waals surface area contributed by atoms with Crippen LogP contribution in [0.4, 0.5) is 5.69 Å². The SMILES string of the molecule is CSc1ccc(S(=O)(=O)N[C@H](C)c2ccc3c(c2)OCCO3)cc1NC(=O)C(C)C. The molecule has 9 heteroatoms. The van der Waals surface area contributed by atoms with Crippen LogP contribution in [0.5, 0.6) is 11.5 Å². The second kappa shape index (κ2) is 9.28. The van der Waals surface area contributed by atoms with Crippen molar-refractivity contribution in [1.82, 2.24) is 4.72 Å². The van der Waals surface area contributed by atoms with Crippen LogP contribution in [0.2, 0.25) is 0 Å². The molecule has 0 aliphatic carbocycles. The maximum atomic E-state index is 13.0. The summed E-state index contributed by atoms with van der Waals surface area (Å²) in [5, 5.41) is 2.81. The van der Waals surface area contributed by atoms with Gasteiger partial charge in [-0.3, -0.25) is 4.79 Å². The molecule has 2 aromatic rings. The molecule has 1 aliphatic rings. The highest BCUT2D eigenvalue weighted by Gasteiger charge is 2.22. The third-order valence-corrected chi connectivity index (χ3v) is 7.00. The number of carbonyl (C=O) groups is 1. The fourth-order valence-corrected chi connectivity index (χ4v) is 4.72. The van der Waals surface area contributed by atoms with Gasteiger partial charge in [0.1, 0.15) is 13.2 Å². The van der Waals surface area contributed by atoms with E-state index in [0.717, 1.165) is 10.5 Å². The first-order valence-corrected chi connectivity index (χ1v) is 12.3. The third kappa shape index (κ3) is 5.08. The number of hydrogen-bond donors (Lipinski definition) is 2. The van der Waals surface area contributed by atoms with Crippen LogP contribution in [0.1, 0.15) is 32.4 Å². The Balaban J connectivity index is 1.83. The van der Waals surface area contributed by atoms with E-state index in [4.69, 9.17) is 9.47 Å². The van der Waals surface area contributed by atoms with Crippen molar-refractivity contribution in [2.75, 3.05) is 24.8 Å². The molecule has 0 spiro atoms. The lowest BCUT2D eigenvalue weighted by atomic mass is 10.1. The largest absolute Gasteiger partial charge is 0.486 e. The van der Waals surface area contributed by atoms with Gasteiger partial charge in [-0.15, -0.1) is 11.8 Å². The second-order valence-corrected chi connectivity index (χ2v) is 9.81. The molecule has 1 aliphatic heterocycles. The molecule has 2 aromatic carbocycles. The van der Waals surface area contributed by atoms with Crippen molar-refractivity contribution < 1.29 is 22.7 Å². The summed E-state index contributed by atoms with van der Waals surface area (Å²) >= 11 is 1.44. The van der Waals surface area contributed by atoms with E-state index in [1.165, 1.54) is 23.9 Å². The molecule has 7 nitrogen and oxygen atoms in total. The van der Waals surface area contributed by atoms with E-state index in [1.807, 2.05) is 12.3 Å². The fraction of sp³-hybridized carbons (Fsp3) is 0.381. The Kier molecular flexibility index (Phi) is 6.95. The van der Waals surface area contributed by atoms with E-state index in [9.17, 15) is 13.2 Å². The number of anilines is 1. The van der Waals surface area contributed by atoms with Gasteiger partial charge in [0, 0.05) is 16.9 Å². The van der Waals surface area contributed by atoms with Gasteiger partial charge >= 0.3 is 0 Å². The van der Waals surface area contributed by atoms with Crippen molar-refractivity contribution in [2.45, 2.75) is 36.6 Å². The van der Waals surface area contributed by atoms with Crippen LogP contribution >= 0.6 is 11.8 Å². The van der Waals surface area contributed by atoms with Crippen LogP contribution < -0.4 is 19.5 Å². The highest BCUT2D eigenvalue weighted by molar-refractivity contribution is 7.98. The standard InChI is InChI=1S/C21H26N2O5S2/c1-13(2)21(24)22-17-12-16(6-8-20(17)29-4)30(25,26)23-14(3)15-5-7-18-19(11-15)28-10-9-27-18/h5-8,11-14,23H,9-10H2,1-4H3,(H,22,24)/t14-/m1/s1. The van der Waals surface area contributed by atoms with E-state index in [1.54, 1.807) is 39.0 Å². The molecule has 0 saturated heterocycles. The molecule has 0 fully saturated rings. The Labute approximate surface area is 181 Å². The lowest BCUT2D eigenvalue weighted by Gasteiger charge is -2.21. The van der Waals surface area contributed by atoms with Crippen molar-refractivity contribution in [1.29, 1.82) is 0 Å². The molecule has 3 rings (SSSR count). The Bertz CT molecular complexity index is 1040. The van der Waals surface area contributed by atoms with E-state index in [-0.39, 0.29) is 16.7 Å². The lowest BCUT2D eigenvalue weighted by molar-refractivity contribution is -0.118. The topological polar surface area (TPSA) is 93.7 Å². The summed E-state index contributed by atoms with van der Waals surface area (Å²) < 4.78 is 39.8.